The van der Waals surface area contributed by atoms with Crippen molar-refractivity contribution >= 4 is 10.9 Å². The Morgan fingerprint density at radius 1 is 0.962 bits per heavy atom. The smallest absolute Gasteiger partial charge is 0.0456 e. The molecule has 1 aromatic heterocycles. The Balaban J connectivity index is 1.29. The first-order valence-electron chi connectivity index (χ1n) is 9.88. The summed E-state index contributed by atoms with van der Waals surface area (Å²) in [6.45, 7) is 2.38. The minimum absolute atomic E-state index is 0.602. The summed E-state index contributed by atoms with van der Waals surface area (Å²) in [7, 11) is 0. The number of H-pyrrole nitrogens is 1. The number of hydrogen-bond donors (Lipinski definition) is 1. The van der Waals surface area contributed by atoms with Crippen molar-refractivity contribution in [3.8, 4) is 0 Å². The summed E-state index contributed by atoms with van der Waals surface area (Å²) in [6.07, 6.45) is 10.8. The highest BCUT2D eigenvalue weighted by molar-refractivity contribution is 5.83. The Bertz CT molecular complexity index is 908. The van der Waals surface area contributed by atoms with Crippen LogP contribution in [0.1, 0.15) is 17.5 Å². The van der Waals surface area contributed by atoms with E-state index >= 15 is 0 Å². The molecule has 2 aromatic carbocycles. The number of aromatic amines is 1. The monoisotopic (exact) mass is 342 g/mol. The summed E-state index contributed by atoms with van der Waals surface area (Å²) in [5.41, 5.74) is 4.19. The molecule has 2 heteroatoms. The Labute approximate surface area is 155 Å². The molecular weight excluding hydrogens is 316 g/mol. The molecule has 1 saturated heterocycles. The predicted molar refractivity (Wildman–Crippen MR) is 108 cm³/mol. The third-order valence-electron chi connectivity index (χ3n) is 6.24. The fourth-order valence-corrected chi connectivity index (χ4v) is 4.98. The molecule has 3 aliphatic rings. The first-order chi connectivity index (χ1) is 12.9. The number of aromatic nitrogens is 1. The standard InChI is InChI=1S/C24H26N2/c1-2-6-18(7-3-1)14-21-15-19-10-11-24(21)26(17-19)13-12-20-16-25-23-9-5-4-8-22(20)23/h1-11,16,19,21,24-25H,12-15,17H2. The van der Waals surface area contributed by atoms with E-state index in [1.54, 1.807) is 0 Å². The van der Waals surface area contributed by atoms with E-state index in [1.165, 1.54) is 41.4 Å². The zero-order valence-electron chi connectivity index (χ0n) is 15.1. The fourth-order valence-electron chi connectivity index (χ4n) is 4.98. The van der Waals surface area contributed by atoms with Crippen molar-refractivity contribution in [2.24, 2.45) is 11.8 Å². The van der Waals surface area contributed by atoms with E-state index < -0.39 is 0 Å². The van der Waals surface area contributed by atoms with Crippen LogP contribution in [0.25, 0.3) is 10.9 Å². The molecular formula is C24H26N2. The van der Waals surface area contributed by atoms with Crippen LogP contribution >= 0.6 is 0 Å². The first kappa shape index (κ1) is 15.9. The number of nitrogens with one attached hydrogen (secondary N) is 1. The molecule has 1 fully saturated rings. The van der Waals surface area contributed by atoms with Gasteiger partial charge in [-0.25, -0.2) is 0 Å². The summed E-state index contributed by atoms with van der Waals surface area (Å²) < 4.78 is 0. The second-order valence-electron chi connectivity index (χ2n) is 7.93. The van der Waals surface area contributed by atoms with Crippen LogP contribution in [0.5, 0.6) is 0 Å². The minimum Gasteiger partial charge on any atom is -0.361 e. The second kappa shape index (κ2) is 6.77. The van der Waals surface area contributed by atoms with Gasteiger partial charge in [-0.3, -0.25) is 4.90 Å². The van der Waals surface area contributed by atoms with Crippen LogP contribution < -0.4 is 0 Å². The SMILES string of the molecule is C1=CC2C(Cc3ccccc3)CC1CN2CCc1c[nH]c2ccccc12. The van der Waals surface area contributed by atoms with Crippen LogP contribution in [-0.4, -0.2) is 29.0 Å². The van der Waals surface area contributed by atoms with Gasteiger partial charge in [0.15, 0.2) is 0 Å². The van der Waals surface area contributed by atoms with Gasteiger partial charge in [0.1, 0.15) is 0 Å². The molecule has 2 nitrogen and oxygen atoms in total. The lowest BCUT2D eigenvalue weighted by Crippen LogP contribution is -2.51. The first-order valence-corrected chi connectivity index (χ1v) is 9.88. The van der Waals surface area contributed by atoms with E-state index in [2.05, 4.69) is 82.8 Å². The normalized spacial score (nSPS) is 25.2. The number of rotatable bonds is 5. The molecule has 0 spiro atoms. The van der Waals surface area contributed by atoms with E-state index in [-0.39, 0.29) is 0 Å². The molecule has 2 aliphatic heterocycles. The van der Waals surface area contributed by atoms with Crippen LogP contribution in [0.2, 0.25) is 0 Å². The molecule has 0 saturated carbocycles. The van der Waals surface area contributed by atoms with Crippen molar-refractivity contribution in [2.75, 3.05) is 13.1 Å². The predicted octanol–water partition coefficient (Wildman–Crippen LogP) is 4.83. The Hall–Kier alpha value is -2.32. The molecule has 2 bridgehead atoms. The largest absolute Gasteiger partial charge is 0.361 e. The number of nitrogens with zero attached hydrogens (tertiary/aromatic N) is 1. The summed E-state index contributed by atoms with van der Waals surface area (Å²) >= 11 is 0. The Morgan fingerprint density at radius 3 is 2.69 bits per heavy atom. The van der Waals surface area contributed by atoms with Crippen molar-refractivity contribution in [3.63, 3.8) is 0 Å². The Morgan fingerprint density at radius 2 is 1.81 bits per heavy atom. The van der Waals surface area contributed by atoms with Crippen LogP contribution in [0, 0.1) is 11.8 Å². The number of hydrogen-bond acceptors (Lipinski definition) is 1. The lowest BCUT2D eigenvalue weighted by atomic mass is 9.75. The maximum absolute atomic E-state index is 3.42. The van der Waals surface area contributed by atoms with Gasteiger partial charge in [0.2, 0.25) is 0 Å². The van der Waals surface area contributed by atoms with E-state index in [4.69, 9.17) is 0 Å². The van der Waals surface area contributed by atoms with Gasteiger partial charge in [-0.1, -0.05) is 60.7 Å². The number of piperidine rings is 1. The summed E-state index contributed by atoms with van der Waals surface area (Å²) in [4.78, 5) is 6.14. The maximum Gasteiger partial charge on any atom is 0.0456 e. The fraction of sp³-hybridized carbons (Fsp3) is 0.333. The van der Waals surface area contributed by atoms with Gasteiger partial charge in [-0.2, -0.15) is 0 Å². The van der Waals surface area contributed by atoms with Gasteiger partial charge >= 0.3 is 0 Å². The summed E-state index contributed by atoms with van der Waals surface area (Å²) in [6, 6.07) is 20.3. The van der Waals surface area contributed by atoms with E-state index in [9.17, 15) is 0 Å². The molecule has 3 aromatic rings. The van der Waals surface area contributed by atoms with Crippen molar-refractivity contribution in [1.82, 2.24) is 9.88 Å². The molecule has 3 heterocycles. The quantitative estimate of drug-likeness (QED) is 0.658. The second-order valence-corrected chi connectivity index (χ2v) is 7.93. The molecule has 3 unspecified atom stereocenters. The summed E-state index contributed by atoms with van der Waals surface area (Å²) in [5.74, 6) is 1.49. The minimum atomic E-state index is 0.602. The molecule has 0 amide bonds. The van der Waals surface area contributed by atoms with Crippen molar-refractivity contribution in [3.05, 3.63) is 84.1 Å². The number of benzene rings is 2. The highest BCUT2D eigenvalue weighted by atomic mass is 15.2. The average Bonchev–Trinajstić information content (AvgIpc) is 3.11. The van der Waals surface area contributed by atoms with Crippen LogP contribution in [0.15, 0.2) is 72.9 Å². The van der Waals surface area contributed by atoms with Gasteiger partial charge in [0.25, 0.3) is 0 Å². The molecule has 6 rings (SSSR count). The van der Waals surface area contributed by atoms with Crippen molar-refractivity contribution in [2.45, 2.75) is 25.3 Å². The molecule has 0 radical (unpaired) electrons. The molecule has 1 N–H and O–H groups in total. The van der Waals surface area contributed by atoms with Crippen molar-refractivity contribution in [1.29, 1.82) is 0 Å². The number of para-hydroxylation sites is 1. The highest BCUT2D eigenvalue weighted by Gasteiger charge is 2.36. The lowest BCUT2D eigenvalue weighted by molar-refractivity contribution is 0.0846. The highest BCUT2D eigenvalue weighted by Crippen LogP contribution is 2.36. The van der Waals surface area contributed by atoms with Gasteiger partial charge in [-0.05, 0) is 48.3 Å². The molecule has 132 valence electrons. The van der Waals surface area contributed by atoms with Gasteiger partial charge < -0.3 is 4.98 Å². The van der Waals surface area contributed by atoms with E-state index in [0.717, 1.165) is 24.8 Å². The molecule has 3 atom stereocenters. The zero-order valence-corrected chi connectivity index (χ0v) is 15.1. The average molecular weight is 342 g/mol. The van der Waals surface area contributed by atoms with Crippen LogP contribution in [0.3, 0.4) is 0 Å². The van der Waals surface area contributed by atoms with Crippen LogP contribution in [-0.2, 0) is 12.8 Å². The molecule has 1 aliphatic carbocycles. The van der Waals surface area contributed by atoms with E-state index in [0.29, 0.717) is 6.04 Å². The maximum atomic E-state index is 3.42. The topological polar surface area (TPSA) is 19.0 Å². The Kier molecular flexibility index (Phi) is 4.14. The third kappa shape index (κ3) is 2.99. The van der Waals surface area contributed by atoms with Crippen molar-refractivity contribution < 1.29 is 0 Å². The summed E-state index contributed by atoms with van der Waals surface area (Å²) in [5, 5.41) is 1.38. The molecule has 26 heavy (non-hydrogen) atoms. The van der Waals surface area contributed by atoms with Gasteiger partial charge in [0, 0.05) is 36.2 Å². The van der Waals surface area contributed by atoms with Gasteiger partial charge in [-0.15, -0.1) is 0 Å². The van der Waals surface area contributed by atoms with Gasteiger partial charge in [0.05, 0.1) is 0 Å². The lowest BCUT2D eigenvalue weighted by Gasteiger charge is -2.46. The zero-order chi connectivity index (χ0) is 17.3. The van der Waals surface area contributed by atoms with E-state index in [1.807, 2.05) is 0 Å². The van der Waals surface area contributed by atoms with Crippen LogP contribution in [0.4, 0.5) is 0 Å². The third-order valence-corrected chi connectivity index (χ3v) is 6.24. The number of fused-ring (bicyclic) bond motifs is 3.